The van der Waals surface area contributed by atoms with Crippen LogP contribution in [0.1, 0.15) is 54.6 Å². The first-order valence-corrected chi connectivity index (χ1v) is 15.0. The maximum Gasteiger partial charge on any atom is 0.255 e. The van der Waals surface area contributed by atoms with Gasteiger partial charge >= 0.3 is 0 Å². The number of benzene rings is 2. The molecule has 0 aliphatic carbocycles. The molecule has 202 valence electrons. The van der Waals surface area contributed by atoms with Gasteiger partial charge in [-0.15, -0.1) is 0 Å². The van der Waals surface area contributed by atoms with Gasteiger partial charge in [-0.25, -0.2) is 8.42 Å². The third-order valence-corrected chi connectivity index (χ3v) is 9.19. The number of rotatable bonds is 10. The Labute approximate surface area is 230 Å². The van der Waals surface area contributed by atoms with Crippen LogP contribution < -0.4 is 0 Å². The molecule has 2 aromatic carbocycles. The van der Waals surface area contributed by atoms with Gasteiger partial charge < -0.3 is 9.80 Å². The Morgan fingerprint density at radius 1 is 1.05 bits per heavy atom. The molecular weight excluding hydrogens is 533 g/mol. The Hall–Kier alpha value is -2.13. The number of sulfonamides is 1. The first kappa shape index (κ1) is 29.4. The first-order valence-electron chi connectivity index (χ1n) is 12.6. The molecule has 37 heavy (non-hydrogen) atoms. The second-order valence-corrected chi connectivity index (χ2v) is 12.4. The molecule has 1 aliphatic heterocycles. The van der Waals surface area contributed by atoms with Crippen molar-refractivity contribution in [2.24, 2.45) is 0 Å². The number of piperidine rings is 1. The number of amides is 2. The molecule has 0 atom stereocenters. The van der Waals surface area contributed by atoms with Gasteiger partial charge in [-0.3, -0.25) is 9.59 Å². The SMILES string of the molecule is CCCN(CC(=O)N(Cc1ccccc1C)C1CCN(C(=O)c2ccc(Cl)cc2Cl)CC1)S(=O)(=O)CC. The van der Waals surface area contributed by atoms with Crippen LogP contribution in [0.25, 0.3) is 0 Å². The summed E-state index contributed by atoms with van der Waals surface area (Å²) in [6.07, 6.45) is 1.80. The van der Waals surface area contributed by atoms with Gasteiger partial charge in [0.1, 0.15) is 0 Å². The van der Waals surface area contributed by atoms with Gasteiger partial charge in [0.15, 0.2) is 0 Å². The van der Waals surface area contributed by atoms with E-state index in [1.807, 2.05) is 38.1 Å². The summed E-state index contributed by atoms with van der Waals surface area (Å²) in [5, 5.41) is 0.775. The van der Waals surface area contributed by atoms with Crippen molar-refractivity contribution >= 4 is 45.0 Å². The van der Waals surface area contributed by atoms with Crippen LogP contribution in [-0.2, 0) is 21.4 Å². The molecule has 1 saturated heterocycles. The normalized spacial score (nSPS) is 14.7. The summed E-state index contributed by atoms with van der Waals surface area (Å²) in [7, 11) is -3.51. The highest BCUT2D eigenvalue weighted by atomic mass is 35.5. The Morgan fingerprint density at radius 2 is 1.73 bits per heavy atom. The van der Waals surface area contributed by atoms with Gasteiger partial charge in [0.25, 0.3) is 5.91 Å². The molecule has 0 radical (unpaired) electrons. The zero-order chi connectivity index (χ0) is 27.2. The van der Waals surface area contributed by atoms with Gasteiger partial charge in [0.05, 0.1) is 22.9 Å². The minimum absolute atomic E-state index is 0.0498. The molecule has 0 spiro atoms. The topological polar surface area (TPSA) is 78.0 Å². The molecule has 1 heterocycles. The van der Waals surface area contributed by atoms with Crippen molar-refractivity contribution in [3.05, 3.63) is 69.2 Å². The molecule has 1 fully saturated rings. The fraction of sp³-hybridized carbons (Fsp3) is 0.481. The minimum atomic E-state index is -3.51. The van der Waals surface area contributed by atoms with E-state index in [1.54, 1.807) is 34.9 Å². The maximum absolute atomic E-state index is 13.6. The number of carbonyl (C=O) groups excluding carboxylic acids is 2. The van der Waals surface area contributed by atoms with Crippen molar-refractivity contribution in [2.75, 3.05) is 31.9 Å². The molecule has 7 nitrogen and oxygen atoms in total. The van der Waals surface area contributed by atoms with E-state index in [0.717, 1.165) is 11.1 Å². The van der Waals surface area contributed by atoms with Gasteiger partial charge in [0, 0.05) is 37.2 Å². The van der Waals surface area contributed by atoms with E-state index in [2.05, 4.69) is 0 Å². The average molecular weight is 569 g/mol. The number of carbonyl (C=O) groups is 2. The molecule has 3 rings (SSSR count). The average Bonchev–Trinajstić information content (AvgIpc) is 2.87. The zero-order valence-corrected chi connectivity index (χ0v) is 23.9. The Morgan fingerprint density at radius 3 is 2.32 bits per heavy atom. The van der Waals surface area contributed by atoms with Crippen LogP contribution in [0, 0.1) is 6.92 Å². The molecule has 0 saturated carbocycles. The van der Waals surface area contributed by atoms with Crippen LogP contribution >= 0.6 is 23.2 Å². The summed E-state index contributed by atoms with van der Waals surface area (Å²) >= 11 is 12.2. The minimum Gasteiger partial charge on any atom is -0.338 e. The molecule has 10 heteroatoms. The molecule has 2 amide bonds. The Kier molecular flexibility index (Phi) is 10.4. The second kappa shape index (κ2) is 13.1. The third kappa shape index (κ3) is 7.47. The number of aryl methyl sites for hydroxylation is 1. The first-order chi connectivity index (χ1) is 17.6. The lowest BCUT2D eigenvalue weighted by atomic mass is 10.00. The quantitative estimate of drug-likeness (QED) is 0.405. The number of halogens is 2. The van der Waals surface area contributed by atoms with Crippen molar-refractivity contribution in [1.29, 1.82) is 0 Å². The third-order valence-electron chi connectivity index (χ3n) is 6.82. The summed E-state index contributed by atoms with van der Waals surface area (Å²) < 4.78 is 26.6. The van der Waals surface area contributed by atoms with Gasteiger partial charge in [-0.2, -0.15) is 4.31 Å². The predicted octanol–water partition coefficient (Wildman–Crippen LogP) is 5.00. The number of hydrogen-bond acceptors (Lipinski definition) is 4. The van der Waals surface area contributed by atoms with Crippen LogP contribution in [0.4, 0.5) is 0 Å². The fourth-order valence-corrected chi connectivity index (χ4v) is 6.22. The van der Waals surface area contributed by atoms with Crippen LogP contribution in [0.5, 0.6) is 0 Å². The van der Waals surface area contributed by atoms with Crippen molar-refractivity contribution < 1.29 is 18.0 Å². The summed E-state index contributed by atoms with van der Waals surface area (Å²) in [5.41, 5.74) is 2.48. The van der Waals surface area contributed by atoms with E-state index in [0.29, 0.717) is 61.1 Å². The predicted molar refractivity (Wildman–Crippen MR) is 148 cm³/mol. The van der Waals surface area contributed by atoms with Crippen molar-refractivity contribution in [3.8, 4) is 0 Å². The maximum atomic E-state index is 13.6. The van der Waals surface area contributed by atoms with Gasteiger partial charge in [-0.1, -0.05) is 54.4 Å². The summed E-state index contributed by atoms with van der Waals surface area (Å²) in [5.74, 6) is -0.439. The van der Waals surface area contributed by atoms with E-state index in [4.69, 9.17) is 23.2 Å². The lowest BCUT2D eigenvalue weighted by molar-refractivity contribution is -0.135. The highest BCUT2D eigenvalue weighted by Gasteiger charge is 2.33. The Bertz CT molecular complexity index is 1210. The molecule has 0 aromatic heterocycles. The monoisotopic (exact) mass is 567 g/mol. The number of hydrogen-bond donors (Lipinski definition) is 0. The Balaban J connectivity index is 1.79. The van der Waals surface area contributed by atoms with E-state index < -0.39 is 10.0 Å². The van der Waals surface area contributed by atoms with Crippen molar-refractivity contribution in [2.45, 2.75) is 52.6 Å². The van der Waals surface area contributed by atoms with Crippen LogP contribution in [0.3, 0.4) is 0 Å². The number of likely N-dealkylation sites (tertiary alicyclic amines) is 1. The zero-order valence-electron chi connectivity index (χ0n) is 21.6. The second-order valence-electron chi connectivity index (χ2n) is 9.33. The van der Waals surface area contributed by atoms with E-state index in [1.165, 1.54) is 4.31 Å². The summed E-state index contributed by atoms with van der Waals surface area (Å²) in [4.78, 5) is 30.3. The van der Waals surface area contributed by atoms with Crippen LogP contribution in [-0.4, -0.2) is 72.3 Å². The lowest BCUT2D eigenvalue weighted by Crippen LogP contribution is -2.51. The van der Waals surface area contributed by atoms with Crippen molar-refractivity contribution in [1.82, 2.24) is 14.1 Å². The van der Waals surface area contributed by atoms with Gasteiger partial charge in [-0.05, 0) is 62.4 Å². The molecule has 0 N–H and O–H groups in total. The highest BCUT2D eigenvalue weighted by molar-refractivity contribution is 7.89. The molecule has 1 aliphatic rings. The molecule has 0 unspecified atom stereocenters. The van der Waals surface area contributed by atoms with Crippen LogP contribution in [0.2, 0.25) is 10.0 Å². The van der Waals surface area contributed by atoms with Crippen LogP contribution in [0.15, 0.2) is 42.5 Å². The molecule has 0 bridgehead atoms. The highest BCUT2D eigenvalue weighted by Crippen LogP contribution is 2.26. The smallest absolute Gasteiger partial charge is 0.255 e. The van der Waals surface area contributed by atoms with E-state index in [-0.39, 0.29) is 30.2 Å². The van der Waals surface area contributed by atoms with E-state index in [9.17, 15) is 18.0 Å². The number of nitrogens with zero attached hydrogens (tertiary/aromatic N) is 3. The van der Waals surface area contributed by atoms with Crippen molar-refractivity contribution in [3.63, 3.8) is 0 Å². The van der Waals surface area contributed by atoms with E-state index >= 15 is 0 Å². The summed E-state index contributed by atoms with van der Waals surface area (Å²) in [6, 6.07) is 12.6. The lowest BCUT2D eigenvalue weighted by Gasteiger charge is -2.39. The molecule has 2 aromatic rings. The fourth-order valence-electron chi connectivity index (χ4n) is 4.60. The summed E-state index contributed by atoms with van der Waals surface area (Å²) in [6.45, 7) is 6.92. The molecular formula is C27H35Cl2N3O4S. The standard InChI is InChI=1S/C27H35Cl2N3O4S/c1-4-14-31(37(35,36)5-2)19-26(33)32(18-21-9-7-6-8-20(21)3)23-12-15-30(16-13-23)27(34)24-11-10-22(28)17-25(24)29/h6-11,17,23H,4-5,12-16,18-19H2,1-3H3. The van der Waals surface area contributed by atoms with Gasteiger partial charge in [0.2, 0.25) is 15.9 Å². The largest absolute Gasteiger partial charge is 0.338 e.